The molecule has 2 aliphatic rings. The third-order valence-electron chi connectivity index (χ3n) is 6.43. The molecule has 1 saturated carbocycles. The van der Waals surface area contributed by atoms with Crippen LogP contribution in [-0.2, 0) is 0 Å². The van der Waals surface area contributed by atoms with Gasteiger partial charge >= 0.3 is 0 Å². The maximum Gasteiger partial charge on any atom is 0.179 e. The lowest BCUT2D eigenvalue weighted by Crippen LogP contribution is -2.27. The zero-order valence-corrected chi connectivity index (χ0v) is 18.7. The molecule has 3 aromatic heterocycles. The molecule has 4 heterocycles. The number of hydrogen-bond acceptors (Lipinski definition) is 5. The summed E-state index contributed by atoms with van der Waals surface area (Å²) in [5.41, 5.74) is 4.07. The number of imidazole rings is 2. The summed E-state index contributed by atoms with van der Waals surface area (Å²) < 4.78 is 10.1. The van der Waals surface area contributed by atoms with Gasteiger partial charge in [-0.25, -0.2) is 15.0 Å². The van der Waals surface area contributed by atoms with Crippen molar-refractivity contribution in [1.29, 1.82) is 0 Å². The molecule has 0 radical (unpaired) electrons. The van der Waals surface area contributed by atoms with Crippen LogP contribution in [0, 0.1) is 0 Å². The van der Waals surface area contributed by atoms with E-state index in [1.807, 2.05) is 53.5 Å². The predicted molar refractivity (Wildman–Crippen MR) is 124 cm³/mol. The van der Waals surface area contributed by atoms with E-state index < -0.39 is 5.92 Å². The van der Waals surface area contributed by atoms with Gasteiger partial charge in [-0.3, -0.25) is 4.79 Å². The molecule has 7 nitrogen and oxygen atoms in total. The van der Waals surface area contributed by atoms with E-state index in [0.717, 1.165) is 22.9 Å². The third kappa shape index (κ3) is 3.53. The number of benzene rings is 1. The zero-order valence-electron chi connectivity index (χ0n) is 18.7. The van der Waals surface area contributed by atoms with Gasteiger partial charge < -0.3 is 13.9 Å². The minimum Gasteiger partial charge on any atom is -0.492 e. The van der Waals surface area contributed by atoms with Crippen LogP contribution in [0.4, 0.5) is 0 Å². The van der Waals surface area contributed by atoms with Crippen LogP contribution in [-0.4, -0.2) is 36.5 Å². The van der Waals surface area contributed by atoms with Crippen LogP contribution < -0.4 is 4.74 Å². The lowest BCUT2D eigenvalue weighted by molar-refractivity contribution is 0.0893. The normalized spacial score (nSPS) is 17.8. The summed E-state index contributed by atoms with van der Waals surface area (Å²) in [6, 6.07) is 11.8. The summed E-state index contributed by atoms with van der Waals surface area (Å²) in [4.78, 5) is 27.4. The Labute approximate surface area is 192 Å². The summed E-state index contributed by atoms with van der Waals surface area (Å²) in [7, 11) is 0. The molecule has 6 rings (SSSR count). The van der Waals surface area contributed by atoms with Crippen molar-refractivity contribution in [3.63, 3.8) is 0 Å². The maximum absolute atomic E-state index is 13.5. The molecule has 1 atom stereocenters. The van der Waals surface area contributed by atoms with Crippen LogP contribution in [0.25, 0.3) is 17.2 Å². The van der Waals surface area contributed by atoms with E-state index in [9.17, 15) is 4.79 Å². The van der Waals surface area contributed by atoms with Crippen LogP contribution in [0.1, 0.15) is 66.3 Å². The molecular formula is C26H25N5O2. The Kier molecular flexibility index (Phi) is 4.64. The van der Waals surface area contributed by atoms with Crippen molar-refractivity contribution >= 4 is 5.78 Å². The highest BCUT2D eigenvalue weighted by molar-refractivity contribution is 6.04. The average Bonchev–Trinajstić information content (AvgIpc) is 3.34. The van der Waals surface area contributed by atoms with Crippen molar-refractivity contribution in [3.8, 4) is 23.0 Å². The fourth-order valence-corrected chi connectivity index (χ4v) is 4.42. The van der Waals surface area contributed by atoms with E-state index in [0.29, 0.717) is 22.9 Å². The van der Waals surface area contributed by atoms with Crippen molar-refractivity contribution < 1.29 is 9.53 Å². The number of aromatic nitrogens is 5. The second-order valence-corrected chi connectivity index (χ2v) is 9.09. The molecule has 0 bridgehead atoms. The highest BCUT2D eigenvalue weighted by Gasteiger charge is 2.32. The summed E-state index contributed by atoms with van der Waals surface area (Å²) in [6.07, 6.45) is 10.0. The SMILES string of the molecule is CC(C)n1ccnc1-c1cccc(C2COc3ccc(-n4cnc(C5CC5)c4)cc3C2=O)n1. The maximum atomic E-state index is 13.5. The van der Waals surface area contributed by atoms with E-state index in [2.05, 4.69) is 34.6 Å². The molecule has 1 fully saturated rings. The lowest BCUT2D eigenvalue weighted by Gasteiger charge is -2.24. The average molecular weight is 440 g/mol. The van der Waals surface area contributed by atoms with Gasteiger partial charge in [0.25, 0.3) is 0 Å². The van der Waals surface area contributed by atoms with Gasteiger partial charge in [-0.1, -0.05) is 6.07 Å². The minimum absolute atomic E-state index is 0.0254. The molecule has 4 aromatic rings. The molecule has 0 N–H and O–H groups in total. The summed E-state index contributed by atoms with van der Waals surface area (Å²) >= 11 is 0. The molecule has 7 heteroatoms. The quantitative estimate of drug-likeness (QED) is 0.440. The molecule has 1 aliphatic carbocycles. The molecule has 33 heavy (non-hydrogen) atoms. The zero-order chi connectivity index (χ0) is 22.5. The van der Waals surface area contributed by atoms with Gasteiger partial charge in [0.2, 0.25) is 0 Å². The second-order valence-electron chi connectivity index (χ2n) is 9.09. The topological polar surface area (TPSA) is 74.8 Å². The molecule has 1 aliphatic heterocycles. The van der Waals surface area contributed by atoms with Crippen LogP contribution in [0.3, 0.4) is 0 Å². The fourth-order valence-electron chi connectivity index (χ4n) is 4.42. The number of Topliss-reactive ketones (excluding diaryl/α,β-unsaturated/α-hetero) is 1. The van der Waals surface area contributed by atoms with Crippen molar-refractivity contribution in [3.05, 3.63) is 78.3 Å². The molecule has 0 spiro atoms. The smallest absolute Gasteiger partial charge is 0.179 e. The number of hydrogen-bond donors (Lipinski definition) is 0. The Hall–Kier alpha value is -3.74. The number of ketones is 1. The van der Waals surface area contributed by atoms with Gasteiger partial charge in [-0.15, -0.1) is 0 Å². The molecule has 166 valence electrons. The van der Waals surface area contributed by atoms with E-state index in [-0.39, 0.29) is 18.4 Å². The minimum atomic E-state index is -0.458. The number of fused-ring (bicyclic) bond motifs is 1. The van der Waals surface area contributed by atoms with Crippen LogP contribution in [0.2, 0.25) is 0 Å². The molecule has 1 aromatic carbocycles. The Morgan fingerprint density at radius 3 is 2.79 bits per heavy atom. The largest absolute Gasteiger partial charge is 0.492 e. The lowest BCUT2D eigenvalue weighted by atomic mass is 9.91. The summed E-state index contributed by atoms with van der Waals surface area (Å²) in [5, 5.41) is 0. The number of carbonyl (C=O) groups excluding carboxylic acids is 1. The summed E-state index contributed by atoms with van der Waals surface area (Å²) in [5.74, 6) is 1.57. The molecule has 1 unspecified atom stereocenters. The summed E-state index contributed by atoms with van der Waals surface area (Å²) in [6.45, 7) is 4.49. The predicted octanol–water partition coefficient (Wildman–Crippen LogP) is 4.95. The first-order valence-corrected chi connectivity index (χ1v) is 11.4. The van der Waals surface area contributed by atoms with Gasteiger partial charge in [0.05, 0.1) is 29.2 Å². The van der Waals surface area contributed by atoms with Gasteiger partial charge in [0, 0.05) is 36.2 Å². The van der Waals surface area contributed by atoms with Crippen molar-refractivity contribution in [2.45, 2.75) is 44.6 Å². The van der Waals surface area contributed by atoms with Crippen molar-refractivity contribution in [1.82, 2.24) is 24.1 Å². The van der Waals surface area contributed by atoms with Crippen molar-refractivity contribution in [2.24, 2.45) is 0 Å². The number of ether oxygens (including phenoxy) is 1. The number of nitrogens with zero attached hydrogens (tertiary/aromatic N) is 5. The van der Waals surface area contributed by atoms with Gasteiger partial charge in [-0.2, -0.15) is 0 Å². The first kappa shape index (κ1) is 19.9. The van der Waals surface area contributed by atoms with E-state index in [1.165, 1.54) is 12.8 Å². The monoisotopic (exact) mass is 439 g/mol. The van der Waals surface area contributed by atoms with E-state index in [4.69, 9.17) is 9.72 Å². The van der Waals surface area contributed by atoms with Crippen LogP contribution in [0.15, 0.2) is 61.3 Å². The van der Waals surface area contributed by atoms with Gasteiger partial charge in [-0.05, 0) is 57.0 Å². The van der Waals surface area contributed by atoms with E-state index in [1.54, 1.807) is 6.20 Å². The van der Waals surface area contributed by atoms with E-state index >= 15 is 0 Å². The Morgan fingerprint density at radius 1 is 1.09 bits per heavy atom. The van der Waals surface area contributed by atoms with Crippen molar-refractivity contribution in [2.75, 3.05) is 6.61 Å². The fraction of sp³-hybridized carbons (Fsp3) is 0.308. The highest BCUT2D eigenvalue weighted by atomic mass is 16.5. The van der Waals surface area contributed by atoms with Crippen LogP contribution >= 0.6 is 0 Å². The first-order chi connectivity index (χ1) is 16.1. The Balaban J connectivity index is 1.32. The Bertz CT molecular complexity index is 1350. The van der Waals surface area contributed by atoms with Gasteiger partial charge in [0.15, 0.2) is 11.6 Å². The second kappa shape index (κ2) is 7.69. The number of pyridine rings is 1. The van der Waals surface area contributed by atoms with Gasteiger partial charge in [0.1, 0.15) is 18.1 Å². The molecular weight excluding hydrogens is 414 g/mol. The third-order valence-corrected chi connectivity index (χ3v) is 6.43. The first-order valence-electron chi connectivity index (χ1n) is 11.4. The van der Waals surface area contributed by atoms with Crippen LogP contribution in [0.5, 0.6) is 5.75 Å². The molecule has 0 amide bonds. The Morgan fingerprint density at radius 2 is 1.97 bits per heavy atom. The number of rotatable bonds is 5. The standard InChI is InChI=1S/C26H25N5O2/c1-16(2)31-11-10-27-26(31)22-5-3-4-21(29-22)20-14-33-24-9-8-18(12-19(24)25(20)32)30-13-23(28-15-30)17-6-7-17/h3-5,8-13,15-17,20H,6-7,14H2,1-2H3. The number of carbonyl (C=O) groups is 1. The highest BCUT2D eigenvalue weighted by Crippen LogP contribution is 2.39. The molecule has 0 saturated heterocycles.